The third-order valence-corrected chi connectivity index (χ3v) is 6.30. The molecule has 2 unspecified atom stereocenters. The van der Waals surface area contributed by atoms with E-state index in [1.807, 2.05) is 31.2 Å². The number of fused-ring (bicyclic) bond motifs is 2. The number of carbonyl (C=O) groups excluding carboxylic acids is 1. The highest BCUT2D eigenvalue weighted by atomic mass is 19.1. The molecule has 3 heterocycles. The summed E-state index contributed by atoms with van der Waals surface area (Å²) in [6.07, 6.45) is 2.00. The van der Waals surface area contributed by atoms with Crippen LogP contribution in [0, 0.1) is 12.7 Å². The van der Waals surface area contributed by atoms with Crippen LogP contribution in [0.4, 0.5) is 4.39 Å². The summed E-state index contributed by atoms with van der Waals surface area (Å²) in [4.78, 5) is 19.5. The molecule has 7 heteroatoms. The van der Waals surface area contributed by atoms with Crippen LogP contribution in [0.3, 0.4) is 0 Å². The Bertz CT molecular complexity index is 1060. The molecule has 0 radical (unpaired) electrons. The van der Waals surface area contributed by atoms with Gasteiger partial charge in [0, 0.05) is 25.6 Å². The fraction of sp³-hybridized carbons (Fsp3) is 0.391. The number of hydrogen-bond donors (Lipinski definition) is 1. The zero-order valence-corrected chi connectivity index (χ0v) is 17.1. The van der Waals surface area contributed by atoms with E-state index < -0.39 is 11.1 Å². The summed E-state index contributed by atoms with van der Waals surface area (Å²) >= 11 is 0. The fourth-order valence-corrected chi connectivity index (χ4v) is 4.89. The van der Waals surface area contributed by atoms with Gasteiger partial charge in [-0.3, -0.25) is 9.69 Å². The van der Waals surface area contributed by atoms with Gasteiger partial charge in [-0.05, 0) is 60.7 Å². The van der Waals surface area contributed by atoms with E-state index in [1.165, 1.54) is 17.0 Å². The lowest BCUT2D eigenvalue weighted by Gasteiger charge is -2.46. The van der Waals surface area contributed by atoms with Crippen LogP contribution < -0.4 is 10.5 Å². The van der Waals surface area contributed by atoms with Crippen LogP contribution in [0.2, 0.25) is 0 Å². The Kier molecular flexibility index (Phi) is 4.15. The van der Waals surface area contributed by atoms with Crippen molar-refractivity contribution in [1.82, 2.24) is 4.90 Å². The highest BCUT2D eigenvalue weighted by molar-refractivity contribution is 6.07. The molecular formula is C23H24FN3O3. The molecule has 2 N–H and O–H groups in total. The summed E-state index contributed by atoms with van der Waals surface area (Å²) in [5.41, 5.74) is 7.32. The number of carbonyl (C=O) groups is 1. The molecular weight excluding hydrogens is 385 g/mol. The summed E-state index contributed by atoms with van der Waals surface area (Å²) in [5.74, 6) is 0.309. The number of aliphatic imine (C=N–C) groups is 1. The maximum absolute atomic E-state index is 14.0. The van der Waals surface area contributed by atoms with Crippen LogP contribution in [0.15, 0.2) is 41.4 Å². The van der Waals surface area contributed by atoms with Crippen LogP contribution in [-0.4, -0.2) is 42.6 Å². The largest absolute Gasteiger partial charge is 0.484 e. The molecule has 1 fully saturated rings. The first-order chi connectivity index (χ1) is 14.3. The van der Waals surface area contributed by atoms with Gasteiger partial charge in [-0.1, -0.05) is 12.1 Å². The molecule has 3 aliphatic heterocycles. The molecule has 2 spiro atoms. The number of halogens is 1. The summed E-state index contributed by atoms with van der Waals surface area (Å²) in [5, 5.41) is 0. The standard InChI is InChI=1S/C23H24FN3O3/c1-14-8-16(10-17(24)9-14)15-4-5-19-18(11-15)23(20(28)27(2)21(25)26-23)12-22(30-19)6-3-7-29-13-22/h4-5,8-11H,3,6-7,12-13H2,1-2H3,(H2,25,26). The van der Waals surface area contributed by atoms with E-state index in [1.54, 1.807) is 7.05 Å². The number of ether oxygens (including phenoxy) is 2. The number of nitrogens with zero attached hydrogens (tertiary/aromatic N) is 2. The number of hydrogen-bond acceptors (Lipinski definition) is 5. The summed E-state index contributed by atoms with van der Waals surface area (Å²) in [7, 11) is 1.63. The monoisotopic (exact) mass is 409 g/mol. The highest BCUT2D eigenvalue weighted by Gasteiger charge is 2.58. The lowest BCUT2D eigenvalue weighted by Crippen LogP contribution is -2.55. The molecule has 156 valence electrons. The normalized spacial score (nSPS) is 27.9. The molecule has 5 rings (SSSR count). The number of rotatable bonds is 1. The average molecular weight is 409 g/mol. The lowest BCUT2D eigenvalue weighted by molar-refractivity contribution is -0.139. The number of benzene rings is 2. The summed E-state index contributed by atoms with van der Waals surface area (Å²) in [6, 6.07) is 10.5. The van der Waals surface area contributed by atoms with Gasteiger partial charge in [0.25, 0.3) is 5.91 Å². The van der Waals surface area contributed by atoms with Crippen LogP contribution in [-0.2, 0) is 15.1 Å². The maximum atomic E-state index is 14.0. The van der Waals surface area contributed by atoms with E-state index in [0.717, 1.165) is 29.5 Å². The molecule has 2 aromatic rings. The van der Waals surface area contributed by atoms with Gasteiger partial charge < -0.3 is 15.2 Å². The molecule has 0 saturated carbocycles. The molecule has 30 heavy (non-hydrogen) atoms. The van der Waals surface area contributed by atoms with Crippen LogP contribution >= 0.6 is 0 Å². The van der Waals surface area contributed by atoms with Gasteiger partial charge in [-0.25, -0.2) is 9.38 Å². The number of likely N-dealkylation sites (N-methyl/N-ethyl adjacent to an activating group) is 1. The van der Waals surface area contributed by atoms with E-state index in [2.05, 4.69) is 4.99 Å². The Labute approximate surface area is 174 Å². The van der Waals surface area contributed by atoms with Crippen molar-refractivity contribution < 1.29 is 18.7 Å². The number of amides is 1. The quantitative estimate of drug-likeness (QED) is 0.785. The predicted octanol–water partition coefficient (Wildman–Crippen LogP) is 3.11. The molecule has 0 bridgehead atoms. The van der Waals surface area contributed by atoms with Crippen molar-refractivity contribution in [3.63, 3.8) is 0 Å². The van der Waals surface area contributed by atoms with Crippen LogP contribution in [0.1, 0.15) is 30.4 Å². The number of guanidine groups is 1. The van der Waals surface area contributed by atoms with E-state index in [0.29, 0.717) is 30.9 Å². The Balaban J connectivity index is 1.69. The second kappa shape index (κ2) is 6.54. The Hall–Kier alpha value is -2.93. The van der Waals surface area contributed by atoms with Gasteiger partial charge in [-0.2, -0.15) is 0 Å². The minimum absolute atomic E-state index is 0.179. The van der Waals surface area contributed by atoms with Gasteiger partial charge in [0.2, 0.25) is 0 Å². The van der Waals surface area contributed by atoms with Crippen LogP contribution in [0.5, 0.6) is 5.75 Å². The van der Waals surface area contributed by atoms with E-state index in [9.17, 15) is 9.18 Å². The van der Waals surface area contributed by atoms with Crippen molar-refractivity contribution in [2.75, 3.05) is 20.3 Å². The van der Waals surface area contributed by atoms with Crippen molar-refractivity contribution in [3.8, 4) is 16.9 Å². The van der Waals surface area contributed by atoms with Crippen LogP contribution in [0.25, 0.3) is 11.1 Å². The minimum atomic E-state index is -1.16. The molecule has 1 amide bonds. The Morgan fingerprint density at radius 3 is 2.70 bits per heavy atom. The molecule has 2 aromatic carbocycles. The second-order valence-electron chi connectivity index (χ2n) is 8.54. The third kappa shape index (κ3) is 2.80. The molecule has 2 atom stereocenters. The second-order valence-corrected chi connectivity index (χ2v) is 8.54. The van der Waals surface area contributed by atoms with E-state index >= 15 is 0 Å². The number of nitrogens with two attached hydrogens (primary N) is 1. The molecule has 3 aliphatic rings. The molecule has 0 aliphatic carbocycles. The summed E-state index contributed by atoms with van der Waals surface area (Å²) < 4.78 is 26.2. The molecule has 0 aromatic heterocycles. The van der Waals surface area contributed by atoms with E-state index in [4.69, 9.17) is 15.2 Å². The van der Waals surface area contributed by atoms with Crippen molar-refractivity contribution in [2.45, 2.75) is 37.3 Å². The Morgan fingerprint density at radius 1 is 1.20 bits per heavy atom. The first-order valence-electron chi connectivity index (χ1n) is 10.1. The van der Waals surface area contributed by atoms with Crippen molar-refractivity contribution in [1.29, 1.82) is 0 Å². The zero-order chi connectivity index (χ0) is 21.1. The van der Waals surface area contributed by atoms with Gasteiger partial charge in [0.1, 0.15) is 17.2 Å². The Morgan fingerprint density at radius 2 is 2.03 bits per heavy atom. The first-order valence-corrected chi connectivity index (χ1v) is 10.1. The smallest absolute Gasteiger partial charge is 0.261 e. The minimum Gasteiger partial charge on any atom is -0.484 e. The van der Waals surface area contributed by atoms with Gasteiger partial charge in [0.15, 0.2) is 11.5 Å². The van der Waals surface area contributed by atoms with Gasteiger partial charge >= 0.3 is 0 Å². The molecule has 1 saturated heterocycles. The van der Waals surface area contributed by atoms with E-state index in [-0.39, 0.29) is 17.7 Å². The van der Waals surface area contributed by atoms with Crippen molar-refractivity contribution in [3.05, 3.63) is 53.3 Å². The van der Waals surface area contributed by atoms with Gasteiger partial charge in [0.05, 0.1) is 6.61 Å². The average Bonchev–Trinajstić information content (AvgIpc) is 2.91. The van der Waals surface area contributed by atoms with Crippen molar-refractivity contribution in [2.24, 2.45) is 10.7 Å². The van der Waals surface area contributed by atoms with Crippen molar-refractivity contribution >= 4 is 11.9 Å². The highest BCUT2D eigenvalue weighted by Crippen LogP contribution is 2.51. The first kappa shape index (κ1) is 19.1. The predicted molar refractivity (Wildman–Crippen MR) is 111 cm³/mol. The zero-order valence-electron chi connectivity index (χ0n) is 17.1. The SMILES string of the molecule is Cc1cc(F)cc(-c2ccc3c(c2)C2(CC4(CCCOC4)O3)N=C(N)N(C)C2=O)c1. The summed E-state index contributed by atoms with van der Waals surface area (Å²) in [6.45, 7) is 2.94. The molecule has 6 nitrogen and oxygen atoms in total. The van der Waals surface area contributed by atoms with Gasteiger partial charge in [-0.15, -0.1) is 0 Å². The third-order valence-electron chi connectivity index (χ3n) is 6.30. The maximum Gasteiger partial charge on any atom is 0.261 e. The number of aryl methyl sites for hydroxylation is 1. The fourth-order valence-electron chi connectivity index (χ4n) is 4.89. The topological polar surface area (TPSA) is 77.2 Å². The lowest BCUT2D eigenvalue weighted by atomic mass is 9.74.